The van der Waals surface area contributed by atoms with E-state index >= 15 is 0 Å². The molecule has 100 valence electrons. The van der Waals surface area contributed by atoms with E-state index in [4.69, 9.17) is 4.74 Å². The fourth-order valence-electron chi connectivity index (χ4n) is 1.41. The number of methoxy groups -OCH3 is 1. The van der Waals surface area contributed by atoms with Crippen LogP contribution in [0.15, 0.2) is 23.1 Å². The molecule has 1 amide bonds. The molecule has 0 atom stereocenters. The lowest BCUT2D eigenvalue weighted by Crippen LogP contribution is -2.23. The molecule has 0 heterocycles. The van der Waals surface area contributed by atoms with Crippen LogP contribution in [0.5, 0.6) is 5.75 Å². The molecule has 0 unspecified atom stereocenters. The van der Waals surface area contributed by atoms with E-state index in [2.05, 4.69) is 10.0 Å². The fourth-order valence-corrected chi connectivity index (χ4v) is 2.48. The average Bonchev–Trinajstić information content (AvgIpc) is 2.28. The van der Waals surface area contributed by atoms with Crippen molar-refractivity contribution < 1.29 is 17.9 Å². The molecule has 6 nitrogen and oxygen atoms in total. The van der Waals surface area contributed by atoms with Gasteiger partial charge in [-0.1, -0.05) is 6.92 Å². The Morgan fingerprint density at radius 3 is 2.56 bits per heavy atom. The molecule has 0 aromatic heterocycles. The maximum Gasteiger partial charge on any atom is 0.240 e. The summed E-state index contributed by atoms with van der Waals surface area (Å²) < 4.78 is 31.0. The average molecular weight is 272 g/mol. The standard InChI is InChI=1S/C11H16N2O4S/c1-4-12-18(15,16)9-5-6-11(17-3)10(7-9)13-8(2)14/h5-7,12H,4H2,1-3H3,(H,13,14). The van der Waals surface area contributed by atoms with Crippen molar-refractivity contribution in [1.29, 1.82) is 0 Å². The van der Waals surface area contributed by atoms with E-state index in [9.17, 15) is 13.2 Å². The predicted molar refractivity (Wildman–Crippen MR) is 68.2 cm³/mol. The maximum atomic E-state index is 11.8. The lowest BCUT2D eigenvalue weighted by atomic mass is 10.3. The summed E-state index contributed by atoms with van der Waals surface area (Å²) in [5.74, 6) is 0.104. The van der Waals surface area contributed by atoms with Gasteiger partial charge in [0.05, 0.1) is 17.7 Å². The first kappa shape index (κ1) is 14.5. The third-order valence-corrected chi connectivity index (χ3v) is 3.67. The number of nitrogens with one attached hydrogen (secondary N) is 2. The lowest BCUT2D eigenvalue weighted by molar-refractivity contribution is -0.114. The highest BCUT2D eigenvalue weighted by molar-refractivity contribution is 7.89. The zero-order valence-corrected chi connectivity index (χ0v) is 11.3. The number of ether oxygens (including phenoxy) is 1. The van der Waals surface area contributed by atoms with Crippen molar-refractivity contribution in [3.63, 3.8) is 0 Å². The van der Waals surface area contributed by atoms with Crippen LogP contribution in [0, 0.1) is 0 Å². The lowest BCUT2D eigenvalue weighted by Gasteiger charge is -2.11. The summed E-state index contributed by atoms with van der Waals surface area (Å²) in [6.45, 7) is 3.32. The molecular formula is C11H16N2O4S. The minimum Gasteiger partial charge on any atom is -0.495 e. The highest BCUT2D eigenvalue weighted by Gasteiger charge is 2.15. The van der Waals surface area contributed by atoms with Gasteiger partial charge >= 0.3 is 0 Å². The molecule has 2 N–H and O–H groups in total. The first-order valence-corrected chi connectivity index (χ1v) is 6.84. The predicted octanol–water partition coefficient (Wildman–Crippen LogP) is 0.952. The van der Waals surface area contributed by atoms with Gasteiger partial charge in [-0.3, -0.25) is 4.79 Å². The normalized spacial score (nSPS) is 11.1. The van der Waals surface area contributed by atoms with Gasteiger partial charge in [-0.25, -0.2) is 13.1 Å². The number of rotatable bonds is 5. The van der Waals surface area contributed by atoms with E-state index in [1.807, 2.05) is 0 Å². The zero-order chi connectivity index (χ0) is 13.8. The van der Waals surface area contributed by atoms with Gasteiger partial charge in [0.25, 0.3) is 0 Å². The summed E-state index contributed by atoms with van der Waals surface area (Å²) in [5.41, 5.74) is 0.323. The smallest absolute Gasteiger partial charge is 0.240 e. The van der Waals surface area contributed by atoms with Crippen LogP contribution >= 0.6 is 0 Å². The molecule has 0 aliphatic rings. The fraction of sp³-hybridized carbons (Fsp3) is 0.364. The van der Waals surface area contributed by atoms with Crippen molar-refractivity contribution in [3.8, 4) is 5.75 Å². The van der Waals surface area contributed by atoms with Crippen molar-refractivity contribution >= 4 is 21.6 Å². The van der Waals surface area contributed by atoms with Crippen LogP contribution in [-0.2, 0) is 14.8 Å². The van der Waals surface area contributed by atoms with E-state index in [1.54, 1.807) is 6.92 Å². The van der Waals surface area contributed by atoms with Gasteiger partial charge in [0.2, 0.25) is 15.9 Å². The van der Waals surface area contributed by atoms with Crippen LogP contribution in [-0.4, -0.2) is 28.0 Å². The second kappa shape index (κ2) is 5.83. The Kier molecular flexibility index (Phi) is 4.69. The molecule has 7 heteroatoms. The van der Waals surface area contributed by atoms with Crippen LogP contribution in [0.3, 0.4) is 0 Å². The van der Waals surface area contributed by atoms with Crippen LogP contribution in [0.25, 0.3) is 0 Å². The van der Waals surface area contributed by atoms with Crippen LogP contribution in [0.4, 0.5) is 5.69 Å². The van der Waals surface area contributed by atoms with Gasteiger partial charge < -0.3 is 10.1 Å². The number of carbonyl (C=O) groups is 1. The number of benzene rings is 1. The molecule has 0 spiro atoms. The van der Waals surface area contributed by atoms with Crippen molar-refractivity contribution in [1.82, 2.24) is 4.72 Å². The summed E-state index contributed by atoms with van der Waals surface area (Å²) in [7, 11) is -2.11. The second-order valence-corrected chi connectivity index (χ2v) is 5.31. The van der Waals surface area contributed by atoms with Crippen molar-refractivity contribution in [2.45, 2.75) is 18.7 Å². The summed E-state index contributed by atoms with van der Waals surface area (Å²) in [6.07, 6.45) is 0. The Hall–Kier alpha value is -1.60. The van der Waals surface area contributed by atoms with Gasteiger partial charge in [-0.15, -0.1) is 0 Å². The zero-order valence-electron chi connectivity index (χ0n) is 10.5. The Bertz CT molecular complexity index is 540. The topological polar surface area (TPSA) is 84.5 Å². The summed E-state index contributed by atoms with van der Waals surface area (Å²) in [5, 5.41) is 2.52. The van der Waals surface area contributed by atoms with E-state index in [0.29, 0.717) is 18.0 Å². The number of anilines is 1. The second-order valence-electron chi connectivity index (χ2n) is 3.54. The molecule has 18 heavy (non-hydrogen) atoms. The molecule has 0 fully saturated rings. The molecule has 0 aliphatic carbocycles. The van der Waals surface area contributed by atoms with Crippen molar-refractivity contribution in [3.05, 3.63) is 18.2 Å². The van der Waals surface area contributed by atoms with E-state index in [0.717, 1.165) is 0 Å². The van der Waals surface area contributed by atoms with Crippen LogP contribution in [0.2, 0.25) is 0 Å². The summed E-state index contributed by atoms with van der Waals surface area (Å²) >= 11 is 0. The minimum absolute atomic E-state index is 0.0777. The largest absolute Gasteiger partial charge is 0.495 e. The Labute approximate surface area is 106 Å². The van der Waals surface area contributed by atoms with Gasteiger partial charge in [-0.05, 0) is 18.2 Å². The molecule has 1 aromatic carbocycles. The molecule has 0 saturated heterocycles. The number of amides is 1. The van der Waals surface area contributed by atoms with Gasteiger partial charge in [0, 0.05) is 13.5 Å². The van der Waals surface area contributed by atoms with Gasteiger partial charge in [0.1, 0.15) is 5.75 Å². The maximum absolute atomic E-state index is 11.8. The van der Waals surface area contributed by atoms with Gasteiger partial charge in [-0.2, -0.15) is 0 Å². The third kappa shape index (κ3) is 3.44. The molecule has 0 radical (unpaired) electrons. The molecule has 0 aliphatic heterocycles. The molecule has 1 aromatic rings. The minimum atomic E-state index is -3.55. The summed E-state index contributed by atoms with van der Waals surface area (Å²) in [4.78, 5) is 11.1. The number of hydrogen-bond acceptors (Lipinski definition) is 4. The van der Waals surface area contributed by atoms with E-state index < -0.39 is 10.0 Å². The molecule has 0 saturated carbocycles. The third-order valence-electron chi connectivity index (χ3n) is 2.13. The van der Waals surface area contributed by atoms with Gasteiger partial charge in [0.15, 0.2) is 0 Å². The number of sulfonamides is 1. The highest BCUT2D eigenvalue weighted by atomic mass is 32.2. The van der Waals surface area contributed by atoms with E-state index in [-0.39, 0.29) is 10.8 Å². The Morgan fingerprint density at radius 2 is 2.06 bits per heavy atom. The molecule has 0 bridgehead atoms. The van der Waals surface area contributed by atoms with Crippen LogP contribution < -0.4 is 14.8 Å². The number of carbonyl (C=O) groups excluding carboxylic acids is 1. The number of hydrogen-bond donors (Lipinski definition) is 2. The molecular weight excluding hydrogens is 256 g/mol. The monoisotopic (exact) mass is 272 g/mol. The first-order valence-electron chi connectivity index (χ1n) is 5.36. The highest BCUT2D eigenvalue weighted by Crippen LogP contribution is 2.27. The van der Waals surface area contributed by atoms with E-state index in [1.165, 1.54) is 32.2 Å². The Balaban J connectivity index is 3.22. The first-order chi connectivity index (χ1) is 8.40. The Morgan fingerprint density at radius 1 is 1.39 bits per heavy atom. The van der Waals surface area contributed by atoms with Crippen LogP contribution in [0.1, 0.15) is 13.8 Å². The summed E-state index contributed by atoms with van der Waals surface area (Å²) in [6, 6.07) is 4.27. The quantitative estimate of drug-likeness (QED) is 0.836. The SMILES string of the molecule is CCNS(=O)(=O)c1ccc(OC)c(NC(C)=O)c1. The van der Waals surface area contributed by atoms with Crippen molar-refractivity contribution in [2.75, 3.05) is 19.0 Å². The van der Waals surface area contributed by atoms with Crippen molar-refractivity contribution in [2.24, 2.45) is 0 Å². The molecule has 1 rings (SSSR count).